The SMILES string of the molecule is FS(F)(F)(F)(F)/C=C(/Cl)c1ccccc1Cl. The van der Waals surface area contributed by atoms with Gasteiger partial charge in [0, 0.05) is 10.6 Å². The number of halogens is 7. The molecular formula is C8H5Cl2F5S. The number of hydrogen-bond donors (Lipinski definition) is 0. The summed E-state index contributed by atoms with van der Waals surface area (Å²) in [6.07, 6.45) is 0. The molecule has 0 aliphatic carbocycles. The van der Waals surface area contributed by atoms with E-state index in [4.69, 9.17) is 23.2 Å². The topological polar surface area (TPSA) is 0 Å². The fraction of sp³-hybridized carbons (Fsp3) is 0. The summed E-state index contributed by atoms with van der Waals surface area (Å²) in [7, 11) is -9.67. The summed E-state index contributed by atoms with van der Waals surface area (Å²) in [6.45, 7) is 0. The predicted octanol–water partition coefficient (Wildman–Crippen LogP) is 6.18. The highest BCUT2D eigenvalue weighted by molar-refractivity contribution is 8.48. The third-order valence-corrected chi connectivity index (χ3v) is 2.91. The van der Waals surface area contributed by atoms with Crippen LogP contribution in [0.25, 0.3) is 5.03 Å². The van der Waals surface area contributed by atoms with Crippen molar-refractivity contribution in [1.29, 1.82) is 0 Å². The van der Waals surface area contributed by atoms with Gasteiger partial charge in [-0.3, -0.25) is 0 Å². The van der Waals surface area contributed by atoms with Crippen LogP contribution in [0.5, 0.6) is 0 Å². The van der Waals surface area contributed by atoms with Crippen LogP contribution in [-0.2, 0) is 0 Å². The van der Waals surface area contributed by atoms with Crippen molar-refractivity contribution in [3.05, 3.63) is 40.3 Å². The first-order chi connectivity index (χ1) is 6.88. The van der Waals surface area contributed by atoms with E-state index in [-0.39, 0.29) is 10.6 Å². The minimum absolute atomic E-state index is 0.134. The first-order valence-corrected chi connectivity index (χ1v) is 6.52. The van der Waals surface area contributed by atoms with Gasteiger partial charge < -0.3 is 0 Å². The molecule has 0 spiro atoms. The van der Waals surface area contributed by atoms with Crippen LogP contribution >= 0.6 is 33.4 Å². The van der Waals surface area contributed by atoms with Gasteiger partial charge in [0.25, 0.3) is 0 Å². The maximum absolute atomic E-state index is 12.1. The molecule has 0 N–H and O–H groups in total. The van der Waals surface area contributed by atoms with E-state index in [1.807, 2.05) is 0 Å². The van der Waals surface area contributed by atoms with Gasteiger partial charge in [-0.2, -0.15) is 0 Å². The quantitative estimate of drug-likeness (QED) is 0.572. The van der Waals surface area contributed by atoms with Crippen molar-refractivity contribution in [3.63, 3.8) is 0 Å². The van der Waals surface area contributed by atoms with Crippen LogP contribution in [0.2, 0.25) is 5.02 Å². The molecule has 0 atom stereocenters. The molecule has 1 rings (SSSR count). The summed E-state index contributed by atoms with van der Waals surface area (Å²) in [5.41, 5.74) is -0.293. The van der Waals surface area contributed by atoms with Crippen LogP contribution in [0, 0.1) is 0 Å². The molecule has 8 heteroatoms. The van der Waals surface area contributed by atoms with E-state index < -0.39 is 20.7 Å². The van der Waals surface area contributed by atoms with Crippen molar-refractivity contribution in [2.24, 2.45) is 0 Å². The Morgan fingerprint density at radius 3 is 2.00 bits per heavy atom. The van der Waals surface area contributed by atoms with E-state index in [1.54, 1.807) is 0 Å². The normalized spacial score (nSPS) is 17.8. The van der Waals surface area contributed by atoms with Gasteiger partial charge in [0.1, 0.15) is 0 Å². The van der Waals surface area contributed by atoms with Gasteiger partial charge in [-0.25, -0.2) is 0 Å². The van der Waals surface area contributed by atoms with Crippen LogP contribution in [0.15, 0.2) is 29.7 Å². The van der Waals surface area contributed by atoms with Crippen molar-refractivity contribution in [2.45, 2.75) is 0 Å². The molecule has 0 unspecified atom stereocenters. The summed E-state index contributed by atoms with van der Waals surface area (Å²) in [4.78, 5) is 0. The molecule has 0 heterocycles. The summed E-state index contributed by atoms with van der Waals surface area (Å²) in [5.74, 6) is 0. The first kappa shape index (κ1) is 13.6. The van der Waals surface area contributed by atoms with Crippen LogP contribution in [-0.4, -0.2) is 0 Å². The highest BCUT2D eigenvalue weighted by atomic mass is 35.5. The molecule has 0 saturated heterocycles. The molecule has 0 radical (unpaired) electrons. The maximum atomic E-state index is 12.1. The van der Waals surface area contributed by atoms with E-state index in [1.165, 1.54) is 18.2 Å². The van der Waals surface area contributed by atoms with Crippen molar-refractivity contribution in [2.75, 3.05) is 0 Å². The van der Waals surface area contributed by atoms with Gasteiger partial charge >= 0.3 is 10.2 Å². The van der Waals surface area contributed by atoms with E-state index in [9.17, 15) is 19.4 Å². The lowest BCUT2D eigenvalue weighted by molar-refractivity contribution is 0.385. The van der Waals surface area contributed by atoms with E-state index in [0.29, 0.717) is 0 Å². The summed E-state index contributed by atoms with van der Waals surface area (Å²) < 4.78 is 60.4. The largest absolute Gasteiger partial charge is 0.305 e. The fourth-order valence-electron chi connectivity index (χ4n) is 0.914. The summed E-state index contributed by atoms with van der Waals surface area (Å²) in [6, 6.07) is 5.14. The standard InChI is InChI=1S/C8H5Cl2F5S/c9-7-4-2-1-3-6(7)8(10)5-16(11,12,13,14)15/h1-5H/b8-5+. The number of benzene rings is 1. The fourth-order valence-corrected chi connectivity index (χ4v) is 2.39. The van der Waals surface area contributed by atoms with Gasteiger partial charge in [-0.15, -0.1) is 0 Å². The average molecular weight is 299 g/mol. The minimum Gasteiger partial charge on any atom is -0.0941 e. The van der Waals surface area contributed by atoms with Gasteiger partial charge in [-0.05, 0) is 6.07 Å². The van der Waals surface area contributed by atoms with Crippen molar-refractivity contribution in [3.8, 4) is 0 Å². The van der Waals surface area contributed by atoms with Crippen molar-refractivity contribution >= 4 is 38.5 Å². The van der Waals surface area contributed by atoms with E-state index in [0.717, 1.165) is 6.07 Å². The molecule has 0 aromatic heterocycles. The van der Waals surface area contributed by atoms with Crippen LogP contribution in [0.1, 0.15) is 5.56 Å². The molecule has 0 fully saturated rings. The average Bonchev–Trinajstić information content (AvgIpc) is 1.98. The molecule has 0 bridgehead atoms. The zero-order chi connectivity index (χ0) is 12.7. The van der Waals surface area contributed by atoms with Crippen molar-refractivity contribution in [1.82, 2.24) is 0 Å². The third-order valence-electron chi connectivity index (χ3n) is 1.46. The molecule has 0 amide bonds. The highest BCUT2D eigenvalue weighted by Gasteiger charge is 2.61. The second-order valence-corrected chi connectivity index (χ2v) is 6.08. The second kappa shape index (κ2) is 3.27. The Kier molecular flexibility index (Phi) is 2.78. The monoisotopic (exact) mass is 298 g/mol. The Morgan fingerprint density at radius 2 is 1.56 bits per heavy atom. The van der Waals surface area contributed by atoms with Gasteiger partial charge in [0.05, 0.1) is 10.4 Å². The van der Waals surface area contributed by atoms with Gasteiger partial charge in [-0.1, -0.05) is 60.8 Å². The lowest BCUT2D eigenvalue weighted by Gasteiger charge is -2.37. The number of hydrogen-bond acceptors (Lipinski definition) is 0. The maximum Gasteiger partial charge on any atom is 0.305 e. The Morgan fingerprint density at radius 1 is 1.06 bits per heavy atom. The Balaban J connectivity index is 3.30. The van der Waals surface area contributed by atoms with E-state index in [2.05, 4.69) is 0 Å². The predicted molar refractivity (Wildman–Crippen MR) is 58.4 cm³/mol. The van der Waals surface area contributed by atoms with Gasteiger partial charge in [0.2, 0.25) is 0 Å². The third kappa shape index (κ3) is 4.59. The molecule has 1 aromatic rings. The summed E-state index contributed by atoms with van der Waals surface area (Å²) in [5, 5.41) is -2.43. The van der Waals surface area contributed by atoms with Crippen LogP contribution < -0.4 is 0 Å². The lowest BCUT2D eigenvalue weighted by Crippen LogP contribution is -2.00. The lowest BCUT2D eigenvalue weighted by atomic mass is 10.2. The zero-order valence-corrected chi connectivity index (χ0v) is 9.77. The van der Waals surface area contributed by atoms with Gasteiger partial charge in [0.15, 0.2) is 0 Å². The molecule has 1 aromatic carbocycles. The Hall–Kier alpha value is -0.460. The number of rotatable bonds is 2. The molecule has 0 aliphatic heterocycles. The van der Waals surface area contributed by atoms with E-state index >= 15 is 0 Å². The molecule has 92 valence electrons. The highest BCUT2D eigenvalue weighted by Crippen LogP contribution is 2.99. The zero-order valence-electron chi connectivity index (χ0n) is 7.44. The second-order valence-electron chi connectivity index (χ2n) is 2.97. The van der Waals surface area contributed by atoms with Crippen molar-refractivity contribution < 1.29 is 19.4 Å². The Bertz CT molecular complexity index is 450. The Labute approximate surface area is 98.4 Å². The van der Waals surface area contributed by atoms with Crippen LogP contribution in [0.3, 0.4) is 0 Å². The molecule has 0 aliphatic rings. The smallest absolute Gasteiger partial charge is 0.0941 e. The minimum atomic E-state index is -9.67. The first-order valence-electron chi connectivity index (χ1n) is 3.75. The molecule has 0 nitrogen and oxygen atoms in total. The van der Waals surface area contributed by atoms with Crippen LogP contribution in [0.4, 0.5) is 19.4 Å². The molecule has 16 heavy (non-hydrogen) atoms. The summed E-state index contributed by atoms with van der Waals surface area (Å²) >= 11 is 10.7. The molecule has 0 saturated carbocycles. The molecular weight excluding hydrogens is 294 g/mol.